The monoisotopic (exact) mass is 284 g/mol. The highest BCUT2D eigenvalue weighted by atomic mass is 16.3. The molecular weight excluding hydrogens is 248 g/mol. The van der Waals surface area contributed by atoms with E-state index in [0.29, 0.717) is 5.41 Å². The highest BCUT2D eigenvalue weighted by Crippen LogP contribution is 2.48. The van der Waals surface area contributed by atoms with E-state index < -0.39 is 0 Å². The van der Waals surface area contributed by atoms with Crippen molar-refractivity contribution in [2.75, 3.05) is 0 Å². The molecule has 0 atom stereocenters. The van der Waals surface area contributed by atoms with Crippen LogP contribution in [0.4, 0.5) is 0 Å². The van der Waals surface area contributed by atoms with Crippen molar-refractivity contribution in [3.8, 4) is 0 Å². The maximum absolute atomic E-state index is 9.60. The van der Waals surface area contributed by atoms with Gasteiger partial charge in [0.2, 0.25) is 0 Å². The van der Waals surface area contributed by atoms with E-state index in [1.54, 1.807) is 0 Å². The van der Waals surface area contributed by atoms with Crippen molar-refractivity contribution in [1.82, 2.24) is 0 Å². The maximum atomic E-state index is 9.60. The lowest BCUT2D eigenvalue weighted by molar-refractivity contribution is 0.00233. The lowest BCUT2D eigenvalue weighted by Gasteiger charge is -2.46. The molecule has 0 aromatic rings. The zero-order valence-corrected chi connectivity index (χ0v) is 14.1. The molecule has 0 saturated heterocycles. The summed E-state index contributed by atoms with van der Waals surface area (Å²) in [6.45, 7) is 9.08. The molecule has 2 aliphatic carbocycles. The summed E-state index contributed by atoms with van der Waals surface area (Å²) in [5.41, 5.74) is 0.389. The number of hydrogen-bond donors (Lipinski definition) is 2. The molecule has 0 heterocycles. The van der Waals surface area contributed by atoms with Gasteiger partial charge in [-0.25, -0.2) is 0 Å². The minimum atomic E-state index is -0.0461. The lowest BCUT2D eigenvalue weighted by atomic mass is 9.60. The summed E-state index contributed by atoms with van der Waals surface area (Å²) >= 11 is 0. The van der Waals surface area contributed by atoms with Crippen molar-refractivity contribution < 1.29 is 10.2 Å². The Kier molecular flexibility index (Phi) is 7.53. The highest BCUT2D eigenvalue weighted by Gasteiger charge is 2.39. The molecule has 0 aliphatic heterocycles. The third-order valence-corrected chi connectivity index (χ3v) is 5.50. The SMILES string of the molecule is CC(C)(C1CCC(O)CC1)C1CCC(O)CC1.CCC. The Hall–Kier alpha value is -0.0800. The molecule has 0 amide bonds. The molecule has 2 heteroatoms. The summed E-state index contributed by atoms with van der Waals surface area (Å²) in [5, 5.41) is 19.2. The average molecular weight is 284 g/mol. The number of rotatable bonds is 2. The second-order valence-corrected chi connectivity index (χ2v) is 7.54. The fourth-order valence-corrected chi connectivity index (χ4v) is 3.97. The zero-order valence-electron chi connectivity index (χ0n) is 14.1. The van der Waals surface area contributed by atoms with Crippen LogP contribution in [0, 0.1) is 17.3 Å². The molecule has 120 valence electrons. The van der Waals surface area contributed by atoms with E-state index in [1.807, 2.05) is 0 Å². The van der Waals surface area contributed by atoms with Gasteiger partial charge in [0.15, 0.2) is 0 Å². The van der Waals surface area contributed by atoms with E-state index in [2.05, 4.69) is 27.7 Å². The smallest absolute Gasteiger partial charge is 0.0540 e. The first-order valence-corrected chi connectivity index (χ1v) is 8.77. The molecule has 0 unspecified atom stereocenters. The van der Waals surface area contributed by atoms with Gasteiger partial charge in [-0.05, 0) is 68.6 Å². The summed E-state index contributed by atoms with van der Waals surface area (Å²) in [5.74, 6) is 1.54. The van der Waals surface area contributed by atoms with Gasteiger partial charge in [-0.3, -0.25) is 0 Å². The summed E-state index contributed by atoms with van der Waals surface area (Å²) in [6, 6.07) is 0. The largest absolute Gasteiger partial charge is 0.393 e. The van der Waals surface area contributed by atoms with Gasteiger partial charge >= 0.3 is 0 Å². The summed E-state index contributed by atoms with van der Waals surface area (Å²) in [7, 11) is 0. The molecule has 0 aromatic carbocycles. The van der Waals surface area contributed by atoms with E-state index in [0.717, 1.165) is 37.5 Å². The van der Waals surface area contributed by atoms with Gasteiger partial charge in [0, 0.05) is 0 Å². The maximum Gasteiger partial charge on any atom is 0.0540 e. The predicted octanol–water partition coefficient (Wildman–Crippen LogP) is 4.53. The van der Waals surface area contributed by atoms with Crippen LogP contribution < -0.4 is 0 Å². The Morgan fingerprint density at radius 1 is 0.700 bits per heavy atom. The first-order valence-electron chi connectivity index (χ1n) is 8.77. The Labute approximate surface area is 126 Å². The summed E-state index contributed by atoms with van der Waals surface area (Å²) in [6.07, 6.45) is 9.87. The van der Waals surface area contributed by atoms with Crippen molar-refractivity contribution in [2.24, 2.45) is 17.3 Å². The average Bonchev–Trinajstić information content (AvgIpc) is 2.40. The normalized spacial score (nSPS) is 35.1. The second-order valence-electron chi connectivity index (χ2n) is 7.54. The Bertz CT molecular complexity index is 222. The molecule has 2 rings (SSSR count). The molecule has 0 bridgehead atoms. The standard InChI is InChI=1S/C15H28O2.C3H8/c1-15(2,11-3-7-13(16)8-4-11)12-5-9-14(17)10-6-12;1-3-2/h11-14,16-17H,3-10H2,1-2H3;3H2,1-2H3. The number of hydrogen-bond acceptors (Lipinski definition) is 2. The first kappa shape index (κ1) is 18.0. The number of aliphatic hydroxyl groups is 2. The number of aliphatic hydroxyl groups excluding tert-OH is 2. The molecule has 0 aromatic heterocycles. The van der Waals surface area contributed by atoms with Crippen LogP contribution in [0.15, 0.2) is 0 Å². The lowest BCUT2D eigenvalue weighted by Crippen LogP contribution is -2.38. The van der Waals surface area contributed by atoms with Crippen LogP contribution >= 0.6 is 0 Å². The summed E-state index contributed by atoms with van der Waals surface area (Å²) < 4.78 is 0. The van der Waals surface area contributed by atoms with Crippen LogP contribution in [0.25, 0.3) is 0 Å². The molecule has 2 saturated carbocycles. The molecule has 2 N–H and O–H groups in total. The summed E-state index contributed by atoms with van der Waals surface area (Å²) in [4.78, 5) is 0. The van der Waals surface area contributed by atoms with Crippen LogP contribution in [0.2, 0.25) is 0 Å². The van der Waals surface area contributed by atoms with Gasteiger partial charge in [0.05, 0.1) is 12.2 Å². The second kappa shape index (κ2) is 8.38. The minimum Gasteiger partial charge on any atom is -0.393 e. The fourth-order valence-electron chi connectivity index (χ4n) is 3.97. The van der Waals surface area contributed by atoms with Crippen molar-refractivity contribution in [2.45, 2.75) is 97.7 Å². The van der Waals surface area contributed by atoms with E-state index in [4.69, 9.17) is 0 Å². The minimum absolute atomic E-state index is 0.0461. The molecule has 0 spiro atoms. The Morgan fingerprint density at radius 2 is 0.950 bits per heavy atom. The van der Waals surface area contributed by atoms with Crippen LogP contribution in [0.1, 0.15) is 85.5 Å². The van der Waals surface area contributed by atoms with Crippen molar-refractivity contribution in [1.29, 1.82) is 0 Å². The third kappa shape index (κ3) is 5.04. The molecule has 20 heavy (non-hydrogen) atoms. The van der Waals surface area contributed by atoms with E-state index >= 15 is 0 Å². The van der Waals surface area contributed by atoms with Gasteiger partial charge < -0.3 is 10.2 Å². The van der Waals surface area contributed by atoms with E-state index in [9.17, 15) is 10.2 Å². The first-order chi connectivity index (χ1) is 9.41. The van der Waals surface area contributed by atoms with Gasteiger partial charge in [-0.2, -0.15) is 0 Å². The topological polar surface area (TPSA) is 40.5 Å². The highest BCUT2D eigenvalue weighted by molar-refractivity contribution is 4.90. The van der Waals surface area contributed by atoms with Crippen LogP contribution in [-0.2, 0) is 0 Å². The molecular formula is C18H36O2. The zero-order chi connectivity index (χ0) is 15.2. The quantitative estimate of drug-likeness (QED) is 0.782. The molecule has 0 radical (unpaired) electrons. The third-order valence-electron chi connectivity index (χ3n) is 5.50. The molecule has 2 aliphatic rings. The van der Waals surface area contributed by atoms with E-state index in [1.165, 1.54) is 32.1 Å². The molecule has 2 fully saturated rings. The van der Waals surface area contributed by atoms with Crippen LogP contribution in [0.5, 0.6) is 0 Å². The van der Waals surface area contributed by atoms with E-state index in [-0.39, 0.29) is 12.2 Å². The van der Waals surface area contributed by atoms with Crippen LogP contribution in [0.3, 0.4) is 0 Å². The van der Waals surface area contributed by atoms with Gasteiger partial charge in [-0.15, -0.1) is 0 Å². The van der Waals surface area contributed by atoms with Gasteiger partial charge in [-0.1, -0.05) is 34.1 Å². The van der Waals surface area contributed by atoms with Crippen LogP contribution in [-0.4, -0.2) is 22.4 Å². The van der Waals surface area contributed by atoms with Crippen molar-refractivity contribution >= 4 is 0 Å². The predicted molar refractivity (Wildman–Crippen MR) is 85.7 cm³/mol. The van der Waals surface area contributed by atoms with Crippen molar-refractivity contribution in [3.63, 3.8) is 0 Å². The molecule has 2 nitrogen and oxygen atoms in total. The van der Waals surface area contributed by atoms with Gasteiger partial charge in [0.1, 0.15) is 0 Å². The van der Waals surface area contributed by atoms with Gasteiger partial charge in [0.25, 0.3) is 0 Å². The Morgan fingerprint density at radius 3 is 1.20 bits per heavy atom. The fraction of sp³-hybridized carbons (Fsp3) is 1.00. The van der Waals surface area contributed by atoms with Crippen molar-refractivity contribution in [3.05, 3.63) is 0 Å². The Balaban J connectivity index is 0.000000612.